The molecule has 1 atom stereocenters. The van der Waals surface area contributed by atoms with Crippen LogP contribution in [0.15, 0.2) is 29.4 Å². The number of benzene rings is 1. The summed E-state index contributed by atoms with van der Waals surface area (Å²) in [5.41, 5.74) is 8.89. The van der Waals surface area contributed by atoms with Gasteiger partial charge in [0.2, 0.25) is 0 Å². The fourth-order valence-corrected chi connectivity index (χ4v) is 3.08. The van der Waals surface area contributed by atoms with Crippen molar-refractivity contribution in [1.82, 2.24) is 14.8 Å². The minimum Gasteiger partial charge on any atom is -0.321 e. The van der Waals surface area contributed by atoms with Crippen LogP contribution in [0.2, 0.25) is 0 Å². The van der Waals surface area contributed by atoms with Crippen LogP contribution >= 0.6 is 11.8 Å². The van der Waals surface area contributed by atoms with Crippen molar-refractivity contribution < 1.29 is 0 Å². The molecule has 1 aromatic heterocycles. The summed E-state index contributed by atoms with van der Waals surface area (Å²) in [4.78, 5) is 0. The summed E-state index contributed by atoms with van der Waals surface area (Å²) in [5.74, 6) is 1.74. The van der Waals surface area contributed by atoms with Crippen LogP contribution in [0.25, 0.3) is 0 Å². The lowest BCUT2D eigenvalue weighted by Gasteiger charge is -2.19. The molecule has 0 radical (unpaired) electrons. The Balaban J connectivity index is 2.03. The van der Waals surface area contributed by atoms with E-state index in [1.54, 1.807) is 11.8 Å². The molecule has 0 saturated carbocycles. The van der Waals surface area contributed by atoms with E-state index in [2.05, 4.69) is 62.2 Å². The summed E-state index contributed by atoms with van der Waals surface area (Å²) >= 11 is 1.70. The molecule has 4 nitrogen and oxygen atoms in total. The monoisotopic (exact) mass is 318 g/mol. The van der Waals surface area contributed by atoms with E-state index in [4.69, 9.17) is 5.73 Å². The third-order valence-electron chi connectivity index (χ3n) is 3.83. The highest BCUT2D eigenvalue weighted by atomic mass is 32.2. The van der Waals surface area contributed by atoms with E-state index >= 15 is 0 Å². The Bertz CT molecular complexity index is 611. The predicted octanol–water partition coefficient (Wildman–Crippen LogP) is 3.81. The lowest BCUT2D eigenvalue weighted by molar-refractivity contribution is 0.590. The first-order valence-corrected chi connectivity index (χ1v) is 8.68. The number of aromatic nitrogens is 3. The molecular formula is C17H26N4S. The Morgan fingerprint density at radius 1 is 1.18 bits per heavy atom. The van der Waals surface area contributed by atoms with Gasteiger partial charge in [0.1, 0.15) is 5.82 Å². The minimum atomic E-state index is -0.0436. The molecule has 1 heterocycles. The molecule has 22 heavy (non-hydrogen) atoms. The summed E-state index contributed by atoms with van der Waals surface area (Å²) in [6, 6.07) is 8.78. The van der Waals surface area contributed by atoms with Crippen LogP contribution in [0.5, 0.6) is 0 Å². The lowest BCUT2D eigenvalue weighted by atomic mass is 9.87. The topological polar surface area (TPSA) is 56.7 Å². The van der Waals surface area contributed by atoms with Crippen LogP contribution in [0.4, 0.5) is 0 Å². The molecule has 1 unspecified atom stereocenters. The van der Waals surface area contributed by atoms with Gasteiger partial charge in [-0.3, -0.25) is 0 Å². The maximum absolute atomic E-state index is 6.04. The second-order valence-electron chi connectivity index (χ2n) is 6.65. The van der Waals surface area contributed by atoms with Crippen molar-refractivity contribution in [1.29, 1.82) is 0 Å². The number of hydrogen-bond donors (Lipinski definition) is 1. The molecular weight excluding hydrogens is 292 g/mol. The molecule has 2 N–H and O–H groups in total. The van der Waals surface area contributed by atoms with Crippen molar-refractivity contribution in [3.63, 3.8) is 0 Å². The van der Waals surface area contributed by atoms with Gasteiger partial charge in [0.05, 0.1) is 6.04 Å². The van der Waals surface area contributed by atoms with E-state index in [0.29, 0.717) is 0 Å². The smallest absolute Gasteiger partial charge is 0.191 e. The highest BCUT2D eigenvalue weighted by molar-refractivity contribution is 7.98. The average Bonchev–Trinajstić information content (AvgIpc) is 2.85. The van der Waals surface area contributed by atoms with Crippen molar-refractivity contribution >= 4 is 11.8 Å². The highest BCUT2D eigenvalue weighted by Gasteiger charge is 2.15. The van der Waals surface area contributed by atoms with Gasteiger partial charge in [0, 0.05) is 12.8 Å². The number of thioether (sulfide) groups is 1. The van der Waals surface area contributed by atoms with Gasteiger partial charge >= 0.3 is 0 Å². The van der Waals surface area contributed by atoms with Crippen molar-refractivity contribution in [2.75, 3.05) is 0 Å². The SMILES string of the molecule is CCC(N)c1nnc(SCc2ccc(C(C)(C)C)cc2)n1C. The number of rotatable bonds is 5. The summed E-state index contributed by atoms with van der Waals surface area (Å²) in [5, 5.41) is 9.38. The van der Waals surface area contributed by atoms with Gasteiger partial charge in [0.25, 0.3) is 0 Å². The molecule has 2 rings (SSSR count). The lowest BCUT2D eigenvalue weighted by Crippen LogP contribution is -2.14. The van der Waals surface area contributed by atoms with E-state index in [9.17, 15) is 0 Å². The Morgan fingerprint density at radius 3 is 2.36 bits per heavy atom. The molecule has 0 saturated heterocycles. The van der Waals surface area contributed by atoms with E-state index < -0.39 is 0 Å². The molecule has 0 aliphatic rings. The predicted molar refractivity (Wildman–Crippen MR) is 92.9 cm³/mol. The standard InChI is InChI=1S/C17H26N4S/c1-6-14(18)15-19-20-16(21(15)5)22-11-12-7-9-13(10-8-12)17(2,3)4/h7-10,14H,6,11,18H2,1-5H3. The largest absolute Gasteiger partial charge is 0.321 e. The molecule has 0 aliphatic carbocycles. The van der Waals surface area contributed by atoms with E-state index in [1.807, 2.05) is 11.6 Å². The van der Waals surface area contributed by atoms with Gasteiger partial charge in [-0.15, -0.1) is 10.2 Å². The van der Waals surface area contributed by atoms with Crippen LogP contribution in [0, 0.1) is 0 Å². The van der Waals surface area contributed by atoms with Gasteiger partial charge in [-0.25, -0.2) is 0 Å². The minimum absolute atomic E-state index is 0.0436. The van der Waals surface area contributed by atoms with Crippen molar-refractivity contribution in [3.05, 3.63) is 41.2 Å². The number of hydrogen-bond acceptors (Lipinski definition) is 4. The number of nitrogens with zero attached hydrogens (tertiary/aromatic N) is 3. The first kappa shape index (κ1) is 17.0. The van der Waals surface area contributed by atoms with Crippen LogP contribution in [-0.4, -0.2) is 14.8 Å². The Morgan fingerprint density at radius 2 is 1.82 bits per heavy atom. The fourth-order valence-electron chi connectivity index (χ4n) is 2.21. The second-order valence-corrected chi connectivity index (χ2v) is 7.59. The molecule has 5 heteroatoms. The summed E-state index contributed by atoms with van der Waals surface area (Å²) in [6.07, 6.45) is 0.866. The zero-order valence-electron chi connectivity index (χ0n) is 14.1. The average molecular weight is 318 g/mol. The first-order valence-electron chi connectivity index (χ1n) is 7.70. The zero-order valence-corrected chi connectivity index (χ0v) is 14.9. The molecule has 2 aromatic rings. The molecule has 0 amide bonds. The highest BCUT2D eigenvalue weighted by Crippen LogP contribution is 2.26. The van der Waals surface area contributed by atoms with Crippen molar-refractivity contribution in [3.8, 4) is 0 Å². The van der Waals surface area contributed by atoms with E-state index in [1.165, 1.54) is 11.1 Å². The molecule has 0 bridgehead atoms. The van der Waals surface area contributed by atoms with Gasteiger partial charge in [-0.05, 0) is 23.0 Å². The van der Waals surface area contributed by atoms with Crippen molar-refractivity contribution in [2.24, 2.45) is 12.8 Å². The Hall–Kier alpha value is -1.33. The number of nitrogens with two attached hydrogens (primary N) is 1. The Labute approximate surface area is 137 Å². The third kappa shape index (κ3) is 3.90. The maximum Gasteiger partial charge on any atom is 0.191 e. The maximum atomic E-state index is 6.04. The molecule has 120 valence electrons. The van der Waals surface area contributed by atoms with Crippen molar-refractivity contribution in [2.45, 2.75) is 56.5 Å². The van der Waals surface area contributed by atoms with Gasteiger partial charge in [-0.2, -0.15) is 0 Å². The molecule has 1 aromatic carbocycles. The van der Waals surface area contributed by atoms with Crippen LogP contribution in [0.1, 0.15) is 57.1 Å². The Kier molecular flexibility index (Phi) is 5.29. The quantitative estimate of drug-likeness (QED) is 0.852. The van der Waals surface area contributed by atoms with E-state index in [-0.39, 0.29) is 11.5 Å². The van der Waals surface area contributed by atoms with Crippen LogP contribution in [-0.2, 0) is 18.2 Å². The first-order chi connectivity index (χ1) is 10.3. The van der Waals surface area contributed by atoms with Crippen LogP contribution < -0.4 is 5.73 Å². The second kappa shape index (κ2) is 6.84. The normalized spacial score (nSPS) is 13.4. The van der Waals surface area contributed by atoms with Gasteiger partial charge < -0.3 is 10.3 Å². The fraction of sp³-hybridized carbons (Fsp3) is 0.529. The van der Waals surface area contributed by atoms with E-state index in [0.717, 1.165) is 23.2 Å². The summed E-state index contributed by atoms with van der Waals surface area (Å²) < 4.78 is 2.00. The molecule has 0 aliphatic heterocycles. The van der Waals surface area contributed by atoms with Crippen LogP contribution in [0.3, 0.4) is 0 Å². The third-order valence-corrected chi connectivity index (χ3v) is 4.92. The van der Waals surface area contributed by atoms with Gasteiger partial charge in [0.15, 0.2) is 5.16 Å². The summed E-state index contributed by atoms with van der Waals surface area (Å²) in [7, 11) is 1.98. The molecule has 0 fully saturated rings. The summed E-state index contributed by atoms with van der Waals surface area (Å²) in [6.45, 7) is 8.75. The molecule has 0 spiro atoms. The zero-order chi connectivity index (χ0) is 16.3. The van der Waals surface area contributed by atoms with Gasteiger partial charge in [-0.1, -0.05) is 63.7 Å².